The number of benzene rings is 2. The second-order valence-electron chi connectivity index (χ2n) is 5.00. The SMILES string of the molecule is OCc1ccc(-c2ccc(N3CCOCC3)cc2)cc1. The lowest BCUT2D eigenvalue weighted by Crippen LogP contribution is -2.36. The number of morpholine rings is 1. The largest absolute Gasteiger partial charge is 0.392 e. The molecule has 2 aromatic carbocycles. The van der Waals surface area contributed by atoms with E-state index in [9.17, 15) is 0 Å². The molecule has 0 bridgehead atoms. The molecule has 0 saturated carbocycles. The average Bonchev–Trinajstić information content (AvgIpc) is 2.56. The summed E-state index contributed by atoms with van der Waals surface area (Å²) in [7, 11) is 0. The van der Waals surface area contributed by atoms with E-state index in [0.29, 0.717) is 0 Å². The highest BCUT2D eigenvalue weighted by atomic mass is 16.5. The Balaban J connectivity index is 1.77. The Kier molecular flexibility index (Phi) is 4.00. The predicted octanol–water partition coefficient (Wildman–Crippen LogP) is 2.68. The van der Waals surface area contributed by atoms with Crippen molar-refractivity contribution in [1.82, 2.24) is 0 Å². The number of aliphatic hydroxyl groups is 1. The molecule has 3 nitrogen and oxygen atoms in total. The Labute approximate surface area is 119 Å². The number of hydrogen-bond acceptors (Lipinski definition) is 3. The second-order valence-corrected chi connectivity index (χ2v) is 5.00. The first kappa shape index (κ1) is 13.2. The van der Waals surface area contributed by atoms with Crippen LogP contribution in [0.4, 0.5) is 5.69 Å². The van der Waals surface area contributed by atoms with Gasteiger partial charge in [0.05, 0.1) is 19.8 Å². The van der Waals surface area contributed by atoms with Crippen LogP contribution in [-0.4, -0.2) is 31.4 Å². The molecule has 1 aliphatic rings. The Morgan fingerprint density at radius 1 is 0.850 bits per heavy atom. The molecular formula is C17H19NO2. The van der Waals surface area contributed by atoms with Gasteiger partial charge in [0, 0.05) is 18.8 Å². The standard InChI is InChI=1S/C17H19NO2/c19-13-14-1-3-15(4-2-14)16-5-7-17(8-6-16)18-9-11-20-12-10-18/h1-8,19H,9-13H2. The maximum atomic E-state index is 9.06. The molecule has 3 heteroatoms. The van der Waals surface area contributed by atoms with Crippen molar-refractivity contribution in [2.45, 2.75) is 6.61 Å². The topological polar surface area (TPSA) is 32.7 Å². The monoisotopic (exact) mass is 269 g/mol. The van der Waals surface area contributed by atoms with E-state index in [1.54, 1.807) is 0 Å². The quantitative estimate of drug-likeness (QED) is 0.930. The van der Waals surface area contributed by atoms with E-state index >= 15 is 0 Å². The molecule has 1 heterocycles. The molecule has 1 aliphatic heterocycles. The van der Waals surface area contributed by atoms with Crippen molar-refractivity contribution in [1.29, 1.82) is 0 Å². The molecule has 1 fully saturated rings. The summed E-state index contributed by atoms with van der Waals surface area (Å²) in [6.45, 7) is 3.64. The number of nitrogens with zero attached hydrogens (tertiary/aromatic N) is 1. The van der Waals surface area contributed by atoms with Crippen LogP contribution in [0.1, 0.15) is 5.56 Å². The minimum absolute atomic E-state index is 0.0935. The third-order valence-corrected chi connectivity index (χ3v) is 3.71. The molecule has 0 amide bonds. The Bertz CT molecular complexity index is 542. The average molecular weight is 269 g/mol. The molecule has 1 saturated heterocycles. The highest BCUT2D eigenvalue weighted by Gasteiger charge is 2.10. The van der Waals surface area contributed by atoms with E-state index in [4.69, 9.17) is 9.84 Å². The summed E-state index contributed by atoms with van der Waals surface area (Å²) in [5.74, 6) is 0. The molecule has 1 N–H and O–H groups in total. The van der Waals surface area contributed by atoms with Crippen LogP contribution in [0.2, 0.25) is 0 Å². The van der Waals surface area contributed by atoms with Crippen LogP contribution in [0.5, 0.6) is 0 Å². The maximum Gasteiger partial charge on any atom is 0.0681 e. The van der Waals surface area contributed by atoms with Gasteiger partial charge in [0.2, 0.25) is 0 Å². The molecule has 0 radical (unpaired) electrons. The van der Waals surface area contributed by atoms with Crippen LogP contribution in [0, 0.1) is 0 Å². The van der Waals surface area contributed by atoms with E-state index in [0.717, 1.165) is 31.9 Å². The number of ether oxygens (including phenoxy) is 1. The minimum atomic E-state index is 0.0935. The molecule has 0 aromatic heterocycles. The molecule has 0 spiro atoms. The molecule has 3 rings (SSSR count). The minimum Gasteiger partial charge on any atom is -0.392 e. The first-order chi connectivity index (χ1) is 9.86. The summed E-state index contributed by atoms with van der Waals surface area (Å²) in [6.07, 6.45) is 0. The van der Waals surface area contributed by atoms with Crippen molar-refractivity contribution >= 4 is 5.69 Å². The zero-order chi connectivity index (χ0) is 13.8. The van der Waals surface area contributed by atoms with Crippen molar-refractivity contribution in [2.75, 3.05) is 31.2 Å². The molecular weight excluding hydrogens is 250 g/mol. The summed E-state index contributed by atoms with van der Waals surface area (Å²) in [6, 6.07) is 16.7. The maximum absolute atomic E-state index is 9.06. The highest BCUT2D eigenvalue weighted by molar-refractivity contribution is 5.66. The van der Waals surface area contributed by atoms with Crippen molar-refractivity contribution in [3.8, 4) is 11.1 Å². The van der Waals surface area contributed by atoms with E-state index in [-0.39, 0.29) is 6.61 Å². The summed E-state index contributed by atoms with van der Waals surface area (Å²) in [5, 5.41) is 9.06. The van der Waals surface area contributed by atoms with Gasteiger partial charge in [-0.1, -0.05) is 36.4 Å². The van der Waals surface area contributed by atoms with Crippen LogP contribution in [0.25, 0.3) is 11.1 Å². The van der Waals surface area contributed by atoms with E-state index in [2.05, 4.69) is 41.3 Å². The van der Waals surface area contributed by atoms with Gasteiger partial charge in [-0.3, -0.25) is 0 Å². The zero-order valence-electron chi connectivity index (χ0n) is 11.5. The van der Waals surface area contributed by atoms with Gasteiger partial charge < -0.3 is 14.7 Å². The Morgan fingerprint density at radius 3 is 1.95 bits per heavy atom. The van der Waals surface area contributed by atoms with Crippen LogP contribution >= 0.6 is 0 Å². The Hall–Kier alpha value is -1.84. The highest BCUT2D eigenvalue weighted by Crippen LogP contribution is 2.24. The van der Waals surface area contributed by atoms with Crippen LogP contribution < -0.4 is 4.90 Å². The lowest BCUT2D eigenvalue weighted by molar-refractivity contribution is 0.122. The number of anilines is 1. The van der Waals surface area contributed by atoms with Gasteiger partial charge in [-0.15, -0.1) is 0 Å². The third kappa shape index (κ3) is 2.84. The van der Waals surface area contributed by atoms with Gasteiger partial charge in [-0.25, -0.2) is 0 Å². The molecule has 20 heavy (non-hydrogen) atoms. The fraction of sp³-hybridized carbons (Fsp3) is 0.294. The molecule has 104 valence electrons. The first-order valence-corrected chi connectivity index (χ1v) is 7.00. The van der Waals surface area contributed by atoms with Crippen LogP contribution in [-0.2, 0) is 11.3 Å². The van der Waals surface area contributed by atoms with Gasteiger partial charge in [-0.2, -0.15) is 0 Å². The van der Waals surface area contributed by atoms with E-state index in [1.807, 2.05) is 12.1 Å². The zero-order valence-corrected chi connectivity index (χ0v) is 11.5. The lowest BCUT2D eigenvalue weighted by Gasteiger charge is -2.28. The van der Waals surface area contributed by atoms with E-state index < -0.39 is 0 Å². The predicted molar refractivity (Wildman–Crippen MR) is 80.8 cm³/mol. The van der Waals surface area contributed by atoms with Gasteiger partial charge in [-0.05, 0) is 28.8 Å². The van der Waals surface area contributed by atoms with Crippen LogP contribution in [0.3, 0.4) is 0 Å². The molecule has 2 aromatic rings. The third-order valence-electron chi connectivity index (χ3n) is 3.71. The lowest BCUT2D eigenvalue weighted by atomic mass is 10.0. The summed E-state index contributed by atoms with van der Waals surface area (Å²) in [4.78, 5) is 2.35. The van der Waals surface area contributed by atoms with Gasteiger partial charge >= 0.3 is 0 Å². The molecule has 0 aliphatic carbocycles. The van der Waals surface area contributed by atoms with Gasteiger partial charge in [0.25, 0.3) is 0 Å². The van der Waals surface area contributed by atoms with Crippen molar-refractivity contribution < 1.29 is 9.84 Å². The fourth-order valence-corrected chi connectivity index (χ4v) is 2.49. The normalized spacial score (nSPS) is 15.3. The second kappa shape index (κ2) is 6.07. The van der Waals surface area contributed by atoms with Crippen molar-refractivity contribution in [2.24, 2.45) is 0 Å². The molecule has 0 unspecified atom stereocenters. The van der Waals surface area contributed by atoms with Gasteiger partial charge in [0.1, 0.15) is 0 Å². The summed E-state index contributed by atoms with van der Waals surface area (Å²) < 4.78 is 5.37. The first-order valence-electron chi connectivity index (χ1n) is 7.00. The summed E-state index contributed by atoms with van der Waals surface area (Å²) >= 11 is 0. The van der Waals surface area contributed by atoms with Crippen molar-refractivity contribution in [3.05, 3.63) is 54.1 Å². The van der Waals surface area contributed by atoms with Crippen molar-refractivity contribution in [3.63, 3.8) is 0 Å². The van der Waals surface area contributed by atoms with E-state index in [1.165, 1.54) is 16.8 Å². The van der Waals surface area contributed by atoms with Gasteiger partial charge in [0.15, 0.2) is 0 Å². The smallest absolute Gasteiger partial charge is 0.0681 e. The van der Waals surface area contributed by atoms with Crippen LogP contribution in [0.15, 0.2) is 48.5 Å². The molecule has 0 atom stereocenters. The number of hydrogen-bond donors (Lipinski definition) is 1. The number of rotatable bonds is 3. The Morgan fingerprint density at radius 2 is 1.40 bits per heavy atom. The fourth-order valence-electron chi connectivity index (χ4n) is 2.49. The number of aliphatic hydroxyl groups excluding tert-OH is 1. The summed E-state index contributed by atoms with van der Waals surface area (Å²) in [5.41, 5.74) is 4.57.